The Morgan fingerprint density at radius 1 is 1.22 bits per heavy atom. The number of carbonyl (C=O) groups is 1. The molecule has 1 amide bonds. The molecule has 0 aromatic heterocycles. The number of hydrazine groups is 1. The molecular formula is C16H15Cl2N3O2. The van der Waals surface area contributed by atoms with Crippen LogP contribution in [0.5, 0.6) is 11.5 Å². The Balaban J connectivity index is 1.92. The molecule has 2 aromatic rings. The highest BCUT2D eigenvalue weighted by molar-refractivity contribution is 6.37. The van der Waals surface area contributed by atoms with Crippen LogP contribution in [0, 0.1) is 0 Å². The zero-order valence-corrected chi connectivity index (χ0v) is 13.9. The lowest BCUT2D eigenvalue weighted by Crippen LogP contribution is -2.34. The molecule has 0 atom stereocenters. The van der Waals surface area contributed by atoms with E-state index in [0.717, 1.165) is 12.0 Å². The number of amides is 1. The van der Waals surface area contributed by atoms with Crippen LogP contribution in [0.3, 0.4) is 0 Å². The van der Waals surface area contributed by atoms with E-state index in [1.807, 2.05) is 6.07 Å². The topological polar surface area (TPSA) is 67.6 Å². The van der Waals surface area contributed by atoms with Crippen molar-refractivity contribution in [1.29, 1.82) is 0 Å². The lowest BCUT2D eigenvalue weighted by molar-refractivity contribution is 0.0781. The first-order valence-corrected chi connectivity index (χ1v) is 7.77. The predicted molar refractivity (Wildman–Crippen MR) is 91.5 cm³/mol. The van der Waals surface area contributed by atoms with E-state index in [1.165, 1.54) is 0 Å². The van der Waals surface area contributed by atoms with Crippen LogP contribution in [0.1, 0.15) is 15.9 Å². The van der Waals surface area contributed by atoms with Crippen molar-refractivity contribution in [3.8, 4) is 11.5 Å². The Morgan fingerprint density at radius 3 is 2.57 bits per heavy atom. The van der Waals surface area contributed by atoms with E-state index in [0.29, 0.717) is 39.3 Å². The van der Waals surface area contributed by atoms with Crippen LogP contribution in [-0.2, 0) is 6.42 Å². The number of fused-ring (bicyclic) bond motifs is 1. The zero-order chi connectivity index (χ0) is 16.6. The molecule has 0 aliphatic carbocycles. The minimum atomic E-state index is 0.0206. The van der Waals surface area contributed by atoms with Crippen LogP contribution in [-0.4, -0.2) is 24.4 Å². The summed E-state index contributed by atoms with van der Waals surface area (Å²) in [5, 5.41) is 0.693. The summed E-state index contributed by atoms with van der Waals surface area (Å²) >= 11 is 12.4. The molecule has 5 nitrogen and oxygen atoms in total. The van der Waals surface area contributed by atoms with Crippen molar-refractivity contribution in [2.24, 2.45) is 5.84 Å². The van der Waals surface area contributed by atoms with Gasteiger partial charge in [-0.3, -0.25) is 10.6 Å². The van der Waals surface area contributed by atoms with Gasteiger partial charge in [-0.2, -0.15) is 0 Å². The van der Waals surface area contributed by atoms with Gasteiger partial charge in [-0.25, -0.2) is 0 Å². The number of benzene rings is 2. The molecule has 0 saturated carbocycles. The zero-order valence-electron chi connectivity index (χ0n) is 12.4. The summed E-state index contributed by atoms with van der Waals surface area (Å²) in [5.74, 6) is 6.30. The number of halogens is 2. The Kier molecular flexibility index (Phi) is 4.35. The Morgan fingerprint density at radius 2 is 1.91 bits per heavy atom. The van der Waals surface area contributed by atoms with Crippen molar-refractivity contribution in [2.45, 2.75) is 6.42 Å². The van der Waals surface area contributed by atoms with Crippen LogP contribution in [0.2, 0.25) is 10.0 Å². The first-order chi connectivity index (χ1) is 11.0. The molecule has 0 saturated heterocycles. The number of anilines is 1. The highest BCUT2D eigenvalue weighted by Gasteiger charge is 2.22. The van der Waals surface area contributed by atoms with Crippen molar-refractivity contribution in [3.05, 3.63) is 51.5 Å². The highest BCUT2D eigenvalue weighted by Crippen LogP contribution is 2.39. The van der Waals surface area contributed by atoms with Crippen molar-refractivity contribution in [3.63, 3.8) is 0 Å². The molecule has 1 aliphatic rings. The molecular weight excluding hydrogens is 337 g/mol. The minimum Gasteiger partial charge on any atom is -0.454 e. The van der Waals surface area contributed by atoms with Gasteiger partial charge in [0.05, 0.1) is 15.7 Å². The van der Waals surface area contributed by atoms with Gasteiger partial charge in [0.2, 0.25) is 0 Å². The van der Waals surface area contributed by atoms with Gasteiger partial charge in [0.1, 0.15) is 5.75 Å². The van der Waals surface area contributed by atoms with Crippen molar-refractivity contribution < 1.29 is 9.53 Å². The number of carbonyl (C=O) groups excluding carboxylic acids is 1. The summed E-state index contributed by atoms with van der Waals surface area (Å²) in [6, 6.07) is 8.60. The van der Waals surface area contributed by atoms with Gasteiger partial charge in [0.15, 0.2) is 5.75 Å². The lowest BCUT2D eigenvalue weighted by atomic mass is 9.99. The second-order valence-corrected chi connectivity index (χ2v) is 6.13. The van der Waals surface area contributed by atoms with Gasteiger partial charge >= 0.3 is 0 Å². The summed E-state index contributed by atoms with van der Waals surface area (Å²) in [5.41, 5.74) is 4.73. The molecule has 23 heavy (non-hydrogen) atoms. The SMILES string of the molecule is CN1CCc2cc(Oc3c(Cl)cc(NN)cc3Cl)ccc2C1=O. The molecule has 3 rings (SSSR count). The minimum absolute atomic E-state index is 0.0206. The van der Waals surface area contributed by atoms with Crippen molar-refractivity contribution in [2.75, 3.05) is 19.0 Å². The number of hydrogen-bond acceptors (Lipinski definition) is 4. The van der Waals surface area contributed by atoms with E-state index >= 15 is 0 Å². The van der Waals surface area contributed by atoms with Gasteiger partial charge in [-0.15, -0.1) is 0 Å². The summed E-state index contributed by atoms with van der Waals surface area (Å²) in [7, 11) is 1.79. The maximum Gasteiger partial charge on any atom is 0.253 e. The Labute approximate surface area is 143 Å². The molecule has 120 valence electrons. The summed E-state index contributed by atoms with van der Waals surface area (Å²) in [6.45, 7) is 0.688. The van der Waals surface area contributed by atoms with Gasteiger partial charge in [-0.1, -0.05) is 23.2 Å². The maximum absolute atomic E-state index is 12.1. The van der Waals surface area contributed by atoms with Gasteiger partial charge in [0, 0.05) is 19.2 Å². The number of nitrogens with one attached hydrogen (secondary N) is 1. The number of nitrogens with two attached hydrogens (primary N) is 1. The van der Waals surface area contributed by atoms with E-state index < -0.39 is 0 Å². The molecule has 3 N–H and O–H groups in total. The predicted octanol–water partition coefficient (Wildman–Crippen LogP) is 3.70. The quantitative estimate of drug-likeness (QED) is 0.653. The van der Waals surface area contributed by atoms with Gasteiger partial charge in [-0.05, 0) is 42.3 Å². The first kappa shape index (κ1) is 15.9. The fourth-order valence-electron chi connectivity index (χ4n) is 2.50. The average molecular weight is 352 g/mol. The number of nitrogens with zero attached hydrogens (tertiary/aromatic N) is 1. The van der Waals surface area contributed by atoms with Crippen molar-refractivity contribution in [1.82, 2.24) is 4.90 Å². The fraction of sp³-hybridized carbons (Fsp3) is 0.188. The van der Waals surface area contributed by atoms with Crippen LogP contribution in [0.25, 0.3) is 0 Å². The average Bonchev–Trinajstić information content (AvgIpc) is 2.54. The third-order valence-electron chi connectivity index (χ3n) is 3.76. The number of rotatable bonds is 3. The number of hydrogen-bond donors (Lipinski definition) is 2. The van der Waals surface area contributed by atoms with E-state index in [4.69, 9.17) is 33.8 Å². The lowest BCUT2D eigenvalue weighted by Gasteiger charge is -2.25. The van der Waals surface area contributed by atoms with Crippen LogP contribution >= 0.6 is 23.2 Å². The Bertz CT molecular complexity index is 757. The van der Waals surface area contributed by atoms with Gasteiger partial charge < -0.3 is 15.1 Å². The fourth-order valence-corrected chi connectivity index (χ4v) is 3.07. The van der Waals surface area contributed by atoms with E-state index in [1.54, 1.807) is 36.2 Å². The molecule has 7 heteroatoms. The summed E-state index contributed by atoms with van der Waals surface area (Å²) < 4.78 is 5.81. The molecule has 0 spiro atoms. The van der Waals surface area contributed by atoms with E-state index in [9.17, 15) is 4.79 Å². The molecule has 1 heterocycles. The largest absolute Gasteiger partial charge is 0.454 e. The number of nitrogen functional groups attached to an aromatic ring is 1. The molecule has 2 aromatic carbocycles. The van der Waals surface area contributed by atoms with Crippen molar-refractivity contribution >= 4 is 34.8 Å². The third kappa shape index (κ3) is 3.08. The first-order valence-electron chi connectivity index (χ1n) is 7.01. The second kappa shape index (κ2) is 6.28. The molecule has 0 radical (unpaired) electrons. The molecule has 0 unspecified atom stereocenters. The monoisotopic (exact) mass is 351 g/mol. The van der Waals surface area contributed by atoms with Gasteiger partial charge in [0.25, 0.3) is 5.91 Å². The normalized spacial score (nSPS) is 13.7. The molecule has 0 fully saturated rings. The number of likely N-dealkylation sites (N-methyl/N-ethyl adjacent to an activating group) is 1. The summed E-state index contributed by atoms with van der Waals surface area (Å²) in [4.78, 5) is 13.8. The van der Waals surface area contributed by atoms with E-state index in [-0.39, 0.29) is 5.91 Å². The smallest absolute Gasteiger partial charge is 0.253 e. The summed E-state index contributed by atoms with van der Waals surface area (Å²) in [6.07, 6.45) is 0.784. The van der Waals surface area contributed by atoms with Crippen LogP contribution in [0.15, 0.2) is 30.3 Å². The molecule has 1 aliphatic heterocycles. The standard InChI is InChI=1S/C16H15Cl2N3O2/c1-21-5-4-9-6-11(2-3-12(9)16(21)22)23-15-13(17)7-10(20-19)8-14(15)18/h2-3,6-8,20H,4-5,19H2,1H3. The van der Waals surface area contributed by atoms with E-state index in [2.05, 4.69) is 5.43 Å². The maximum atomic E-state index is 12.1. The molecule has 0 bridgehead atoms. The van der Waals surface area contributed by atoms with Crippen LogP contribution < -0.4 is 16.0 Å². The van der Waals surface area contributed by atoms with Crippen LogP contribution in [0.4, 0.5) is 5.69 Å². The number of ether oxygens (including phenoxy) is 1. The third-order valence-corrected chi connectivity index (χ3v) is 4.32. The Hall–Kier alpha value is -1.95. The second-order valence-electron chi connectivity index (χ2n) is 5.31. The highest BCUT2D eigenvalue weighted by atomic mass is 35.5.